The van der Waals surface area contributed by atoms with Crippen LogP contribution >= 0.6 is 12.6 Å². The van der Waals surface area contributed by atoms with E-state index in [0.717, 1.165) is 17.0 Å². The minimum absolute atomic E-state index is 0.566. The van der Waals surface area contributed by atoms with Gasteiger partial charge in [0.15, 0.2) is 5.76 Å². The SMILES string of the molecule is COc1cc(C)c(C)cc1-c1cc(CS)no1. The molecule has 90 valence electrons. The second-order valence-electron chi connectivity index (χ2n) is 3.98. The van der Waals surface area contributed by atoms with Gasteiger partial charge in [-0.2, -0.15) is 12.6 Å². The number of benzene rings is 1. The Hall–Kier alpha value is -1.42. The predicted molar refractivity (Wildman–Crippen MR) is 70.7 cm³/mol. The summed E-state index contributed by atoms with van der Waals surface area (Å²) in [6.07, 6.45) is 0. The van der Waals surface area contributed by atoms with Crippen LogP contribution in [0.25, 0.3) is 11.3 Å². The first-order valence-corrected chi connectivity index (χ1v) is 6.01. The van der Waals surface area contributed by atoms with Gasteiger partial charge in [0, 0.05) is 11.8 Å². The zero-order valence-corrected chi connectivity index (χ0v) is 11.0. The summed E-state index contributed by atoms with van der Waals surface area (Å²) in [7, 11) is 1.66. The van der Waals surface area contributed by atoms with E-state index in [1.165, 1.54) is 11.1 Å². The normalized spacial score (nSPS) is 10.6. The Morgan fingerprint density at radius 3 is 2.53 bits per heavy atom. The summed E-state index contributed by atoms with van der Waals surface area (Å²) in [5.41, 5.74) is 4.14. The molecular weight excluding hydrogens is 234 g/mol. The van der Waals surface area contributed by atoms with Crippen molar-refractivity contribution in [3.05, 3.63) is 35.0 Å². The molecule has 0 N–H and O–H groups in total. The lowest BCUT2D eigenvalue weighted by molar-refractivity contribution is 0.404. The molecule has 0 fully saturated rings. The molecule has 0 saturated heterocycles. The van der Waals surface area contributed by atoms with Gasteiger partial charge in [0.05, 0.1) is 18.4 Å². The minimum Gasteiger partial charge on any atom is -0.496 e. The molecule has 4 heteroatoms. The van der Waals surface area contributed by atoms with E-state index < -0.39 is 0 Å². The first kappa shape index (κ1) is 12.0. The number of hydrogen-bond donors (Lipinski definition) is 1. The van der Waals surface area contributed by atoms with Gasteiger partial charge in [0.25, 0.3) is 0 Å². The van der Waals surface area contributed by atoms with Gasteiger partial charge in [-0.15, -0.1) is 0 Å². The van der Waals surface area contributed by atoms with Crippen molar-refractivity contribution in [2.75, 3.05) is 7.11 Å². The number of rotatable bonds is 3. The predicted octanol–water partition coefficient (Wildman–Crippen LogP) is 3.40. The number of hydrogen-bond acceptors (Lipinski definition) is 4. The summed E-state index contributed by atoms with van der Waals surface area (Å²) >= 11 is 4.17. The molecule has 2 rings (SSSR count). The molecule has 0 aliphatic heterocycles. The van der Waals surface area contributed by atoms with Crippen LogP contribution in [-0.2, 0) is 5.75 Å². The van der Waals surface area contributed by atoms with Crippen molar-refractivity contribution in [2.24, 2.45) is 0 Å². The molecule has 0 atom stereocenters. The van der Waals surface area contributed by atoms with E-state index in [1.807, 2.05) is 12.1 Å². The fourth-order valence-electron chi connectivity index (χ4n) is 1.66. The summed E-state index contributed by atoms with van der Waals surface area (Å²) < 4.78 is 10.7. The highest BCUT2D eigenvalue weighted by Crippen LogP contribution is 2.33. The van der Waals surface area contributed by atoms with Crippen molar-refractivity contribution >= 4 is 12.6 Å². The van der Waals surface area contributed by atoms with Crippen LogP contribution < -0.4 is 4.74 Å². The molecule has 0 aliphatic rings. The molecule has 0 aliphatic carbocycles. The molecule has 0 unspecified atom stereocenters. The van der Waals surface area contributed by atoms with Crippen LogP contribution in [0, 0.1) is 13.8 Å². The second kappa shape index (κ2) is 4.84. The zero-order chi connectivity index (χ0) is 12.4. The molecular formula is C13H15NO2S. The summed E-state index contributed by atoms with van der Waals surface area (Å²) in [5, 5.41) is 3.93. The number of thiol groups is 1. The Bertz CT molecular complexity index is 534. The molecule has 0 saturated carbocycles. The lowest BCUT2D eigenvalue weighted by Gasteiger charge is -2.09. The van der Waals surface area contributed by atoms with Gasteiger partial charge >= 0.3 is 0 Å². The summed E-state index contributed by atoms with van der Waals surface area (Å²) in [4.78, 5) is 0. The maximum atomic E-state index is 5.37. The van der Waals surface area contributed by atoms with E-state index in [0.29, 0.717) is 11.5 Å². The van der Waals surface area contributed by atoms with Crippen molar-refractivity contribution in [1.29, 1.82) is 0 Å². The van der Waals surface area contributed by atoms with Gasteiger partial charge in [0.1, 0.15) is 5.75 Å². The number of aryl methyl sites for hydroxylation is 2. The standard InChI is InChI=1S/C13H15NO2S/c1-8-4-11(12(15-3)5-9(8)2)13-6-10(7-17)14-16-13/h4-6,17H,7H2,1-3H3. The smallest absolute Gasteiger partial charge is 0.170 e. The van der Waals surface area contributed by atoms with Crippen LogP contribution in [0.15, 0.2) is 22.7 Å². The number of aromatic nitrogens is 1. The molecule has 0 bridgehead atoms. The average molecular weight is 249 g/mol. The highest BCUT2D eigenvalue weighted by atomic mass is 32.1. The Balaban J connectivity index is 2.53. The summed E-state index contributed by atoms with van der Waals surface area (Å²) in [6, 6.07) is 5.95. The third kappa shape index (κ3) is 2.31. The Labute approximate surface area is 106 Å². The van der Waals surface area contributed by atoms with Crippen molar-refractivity contribution in [3.63, 3.8) is 0 Å². The zero-order valence-electron chi connectivity index (χ0n) is 10.2. The summed E-state index contributed by atoms with van der Waals surface area (Å²) in [5.74, 6) is 2.08. The van der Waals surface area contributed by atoms with Gasteiger partial charge in [-0.1, -0.05) is 5.16 Å². The molecule has 1 aromatic carbocycles. The van der Waals surface area contributed by atoms with Crippen LogP contribution in [0.3, 0.4) is 0 Å². The largest absolute Gasteiger partial charge is 0.496 e. The molecule has 3 nitrogen and oxygen atoms in total. The van der Waals surface area contributed by atoms with E-state index in [9.17, 15) is 0 Å². The maximum absolute atomic E-state index is 5.37. The number of methoxy groups -OCH3 is 1. The quantitative estimate of drug-likeness (QED) is 0.847. The molecule has 0 amide bonds. The van der Waals surface area contributed by atoms with E-state index in [1.54, 1.807) is 7.11 Å². The van der Waals surface area contributed by atoms with Crippen LogP contribution in [0.2, 0.25) is 0 Å². The van der Waals surface area contributed by atoms with Gasteiger partial charge in [-0.3, -0.25) is 0 Å². The van der Waals surface area contributed by atoms with Crippen LogP contribution in [-0.4, -0.2) is 12.3 Å². The van der Waals surface area contributed by atoms with E-state index >= 15 is 0 Å². The Kier molecular flexibility index (Phi) is 3.43. The average Bonchev–Trinajstić information content (AvgIpc) is 2.80. The lowest BCUT2D eigenvalue weighted by Crippen LogP contribution is -1.90. The van der Waals surface area contributed by atoms with Crippen LogP contribution in [0.5, 0.6) is 5.75 Å². The molecule has 2 aromatic rings. The first-order chi connectivity index (χ1) is 8.15. The van der Waals surface area contributed by atoms with Crippen LogP contribution in [0.4, 0.5) is 0 Å². The van der Waals surface area contributed by atoms with Gasteiger partial charge < -0.3 is 9.26 Å². The Morgan fingerprint density at radius 2 is 1.94 bits per heavy atom. The van der Waals surface area contributed by atoms with Gasteiger partial charge in [0.2, 0.25) is 0 Å². The monoisotopic (exact) mass is 249 g/mol. The highest BCUT2D eigenvalue weighted by Gasteiger charge is 2.13. The fraction of sp³-hybridized carbons (Fsp3) is 0.308. The van der Waals surface area contributed by atoms with Crippen molar-refractivity contribution in [3.8, 4) is 17.1 Å². The first-order valence-electron chi connectivity index (χ1n) is 5.37. The number of nitrogens with zero attached hydrogens (tertiary/aromatic N) is 1. The minimum atomic E-state index is 0.566. The summed E-state index contributed by atoms with van der Waals surface area (Å²) in [6.45, 7) is 4.12. The van der Waals surface area contributed by atoms with E-state index in [-0.39, 0.29) is 0 Å². The van der Waals surface area contributed by atoms with Gasteiger partial charge in [-0.25, -0.2) is 0 Å². The Morgan fingerprint density at radius 1 is 1.24 bits per heavy atom. The van der Waals surface area contributed by atoms with E-state index in [2.05, 4.69) is 37.7 Å². The van der Waals surface area contributed by atoms with Crippen molar-refractivity contribution in [1.82, 2.24) is 5.16 Å². The molecule has 0 radical (unpaired) electrons. The van der Waals surface area contributed by atoms with E-state index in [4.69, 9.17) is 9.26 Å². The highest BCUT2D eigenvalue weighted by molar-refractivity contribution is 7.79. The number of ether oxygens (including phenoxy) is 1. The topological polar surface area (TPSA) is 35.3 Å². The van der Waals surface area contributed by atoms with Gasteiger partial charge in [-0.05, 0) is 37.1 Å². The third-order valence-corrected chi connectivity index (χ3v) is 3.13. The lowest BCUT2D eigenvalue weighted by atomic mass is 10.0. The fourth-order valence-corrected chi connectivity index (χ4v) is 1.81. The second-order valence-corrected chi connectivity index (χ2v) is 4.29. The van der Waals surface area contributed by atoms with Crippen LogP contribution in [0.1, 0.15) is 16.8 Å². The molecule has 0 spiro atoms. The van der Waals surface area contributed by atoms with Crippen molar-refractivity contribution < 1.29 is 9.26 Å². The van der Waals surface area contributed by atoms with Crippen molar-refractivity contribution in [2.45, 2.75) is 19.6 Å². The molecule has 1 heterocycles. The maximum Gasteiger partial charge on any atom is 0.170 e. The molecule has 17 heavy (non-hydrogen) atoms. The third-order valence-electron chi connectivity index (χ3n) is 2.80. The molecule has 1 aromatic heterocycles.